The number of anilines is 1. The number of nitrogen functional groups attached to an aromatic ring is 1. The molecule has 17 heteroatoms. The molecule has 2 amide bonds. The van der Waals surface area contributed by atoms with Gasteiger partial charge in [-0.25, -0.2) is 9.78 Å². The van der Waals surface area contributed by atoms with E-state index in [1.54, 1.807) is 11.5 Å². The minimum absolute atomic E-state index is 0.0430. The fraction of sp³-hybridized carbons (Fsp3) is 0.217. The highest BCUT2D eigenvalue weighted by Gasteiger charge is 2.54. The number of thioether (sulfide) groups is 2. The minimum Gasteiger partial charge on any atom is -0.477 e. The van der Waals surface area contributed by atoms with E-state index in [1.807, 2.05) is 11.4 Å². The van der Waals surface area contributed by atoms with Gasteiger partial charge < -0.3 is 27.1 Å². The summed E-state index contributed by atoms with van der Waals surface area (Å²) >= 11 is 6.51. The lowest BCUT2D eigenvalue weighted by molar-refractivity contribution is -0.150. The van der Waals surface area contributed by atoms with Crippen LogP contribution in [0.5, 0.6) is 0 Å². The van der Waals surface area contributed by atoms with Crippen LogP contribution in [0.2, 0.25) is 0 Å². The van der Waals surface area contributed by atoms with Crippen LogP contribution in [0.4, 0.5) is 5.13 Å². The van der Waals surface area contributed by atoms with Crippen LogP contribution in [-0.4, -0.2) is 67.4 Å². The second-order valence-corrected chi connectivity index (χ2v) is 13.5. The number of allylic oxidation sites excluding steroid dienone is 1. The third-order valence-electron chi connectivity index (χ3n) is 5.96. The predicted molar refractivity (Wildman–Crippen MR) is 158 cm³/mol. The van der Waals surface area contributed by atoms with Gasteiger partial charge in [0.1, 0.15) is 22.8 Å². The summed E-state index contributed by atoms with van der Waals surface area (Å²) in [5.74, 6) is -2.47. The van der Waals surface area contributed by atoms with Crippen LogP contribution in [0.25, 0.3) is 9.40 Å². The zero-order valence-corrected chi connectivity index (χ0v) is 24.3. The summed E-state index contributed by atoms with van der Waals surface area (Å²) < 4.78 is 2.35. The molecule has 40 heavy (non-hydrogen) atoms. The summed E-state index contributed by atoms with van der Waals surface area (Å²) in [6.07, 6.45) is 2.05. The summed E-state index contributed by atoms with van der Waals surface area (Å²) in [6, 6.07) is 0.870. The fourth-order valence-electron chi connectivity index (χ4n) is 4.16. The Bertz CT molecular complexity index is 1670. The number of carboxylic acids is 1. The van der Waals surface area contributed by atoms with Crippen molar-refractivity contribution in [2.75, 3.05) is 18.0 Å². The number of amides is 2. The molecule has 2 atom stereocenters. The largest absolute Gasteiger partial charge is 0.477 e. The first-order chi connectivity index (χ1) is 19.2. The number of carboxylic acid groups (broad SMARTS) is 1. The highest BCUT2D eigenvalue weighted by atomic mass is 32.2. The highest BCUT2D eigenvalue weighted by Crippen LogP contribution is 2.41. The van der Waals surface area contributed by atoms with Crippen molar-refractivity contribution in [3.8, 4) is 0 Å². The normalized spacial score (nSPS) is 19.3. The molecule has 208 valence electrons. The second-order valence-electron chi connectivity index (χ2n) is 8.33. The third kappa shape index (κ3) is 5.15. The molecule has 5 rings (SSSR count). The molecular weight excluding hydrogens is 617 g/mol. The van der Waals surface area contributed by atoms with Crippen LogP contribution < -0.4 is 22.2 Å². The van der Waals surface area contributed by atoms with Crippen molar-refractivity contribution in [3.63, 3.8) is 0 Å². The smallest absolute Gasteiger partial charge is 0.352 e. The molecule has 0 spiro atoms. The number of carbonyl (C=O) groups is 3. The molecule has 0 bridgehead atoms. The first kappa shape index (κ1) is 28.3. The molecule has 0 aliphatic carbocycles. The molecular formula is C23H20N6O6S5. The molecule has 12 nitrogen and oxygen atoms in total. The number of β-lactam (4-membered cyclic amide) rings is 1. The zero-order valence-electron chi connectivity index (χ0n) is 20.2. The Balaban J connectivity index is 1.34. The zero-order chi connectivity index (χ0) is 28.6. The van der Waals surface area contributed by atoms with E-state index >= 15 is 0 Å². The average molecular weight is 637 g/mol. The number of thiophene rings is 1. The molecule has 0 saturated carbocycles. The van der Waals surface area contributed by atoms with E-state index in [1.165, 1.54) is 51.6 Å². The minimum atomic E-state index is -1.28. The maximum absolute atomic E-state index is 13.0. The van der Waals surface area contributed by atoms with E-state index in [0.29, 0.717) is 28.8 Å². The SMILES string of the molecule is NCCc1c(SC=CC2=C(C(=O)O)N3C(=O)C(NC(=O)C(=NO)c4csc(N)n4)[C@H]3SC2)sc2ccsc2c1=O. The van der Waals surface area contributed by atoms with Gasteiger partial charge in [-0.1, -0.05) is 16.9 Å². The van der Waals surface area contributed by atoms with Crippen molar-refractivity contribution in [3.05, 3.63) is 61.1 Å². The molecule has 5 heterocycles. The van der Waals surface area contributed by atoms with Gasteiger partial charge in [0.05, 0.1) is 13.6 Å². The lowest BCUT2D eigenvalue weighted by atomic mass is 10.0. The summed E-state index contributed by atoms with van der Waals surface area (Å²) in [5, 5.41) is 29.3. The van der Waals surface area contributed by atoms with Crippen molar-refractivity contribution in [1.29, 1.82) is 0 Å². The van der Waals surface area contributed by atoms with Gasteiger partial charge in [-0.15, -0.1) is 45.8 Å². The molecule has 3 aromatic heterocycles. The van der Waals surface area contributed by atoms with Crippen molar-refractivity contribution >= 4 is 95.6 Å². The number of fused-ring (bicyclic) bond motifs is 2. The Hall–Kier alpha value is -3.22. The van der Waals surface area contributed by atoms with Crippen LogP contribution in [0, 0.1) is 0 Å². The molecule has 3 aromatic rings. The Morgan fingerprint density at radius 1 is 1.32 bits per heavy atom. The van der Waals surface area contributed by atoms with Crippen LogP contribution in [0.1, 0.15) is 11.3 Å². The maximum Gasteiger partial charge on any atom is 0.352 e. The van der Waals surface area contributed by atoms with Gasteiger partial charge in [-0.05, 0) is 41.5 Å². The first-order valence-corrected chi connectivity index (χ1v) is 16.0. The number of thiazole rings is 1. The third-order valence-corrected chi connectivity index (χ3v) is 11.2. The topological polar surface area (TPSA) is 201 Å². The molecule has 1 fully saturated rings. The van der Waals surface area contributed by atoms with Crippen LogP contribution in [0.15, 0.2) is 53.7 Å². The van der Waals surface area contributed by atoms with E-state index in [9.17, 15) is 29.5 Å². The number of nitrogens with one attached hydrogen (secondary N) is 1. The van der Waals surface area contributed by atoms with Crippen molar-refractivity contribution < 1.29 is 24.7 Å². The quantitative estimate of drug-likeness (QED) is 0.0757. The van der Waals surface area contributed by atoms with Crippen LogP contribution >= 0.6 is 57.5 Å². The molecule has 1 saturated heterocycles. The number of hydrogen-bond donors (Lipinski definition) is 5. The van der Waals surface area contributed by atoms with E-state index in [2.05, 4.69) is 15.5 Å². The average Bonchev–Trinajstić information content (AvgIpc) is 3.58. The van der Waals surface area contributed by atoms with Crippen LogP contribution in [-0.2, 0) is 20.8 Å². The van der Waals surface area contributed by atoms with E-state index in [-0.39, 0.29) is 27.7 Å². The summed E-state index contributed by atoms with van der Waals surface area (Å²) in [5.41, 5.74) is 11.8. The monoisotopic (exact) mass is 636 g/mol. The summed E-state index contributed by atoms with van der Waals surface area (Å²) in [7, 11) is 0. The molecule has 7 N–H and O–H groups in total. The van der Waals surface area contributed by atoms with Crippen molar-refractivity contribution in [2.24, 2.45) is 10.9 Å². The molecule has 1 unspecified atom stereocenters. The Labute approximate surface area is 246 Å². The van der Waals surface area contributed by atoms with Crippen LogP contribution in [0.3, 0.4) is 0 Å². The molecule has 0 radical (unpaired) electrons. The number of carbonyl (C=O) groups excluding carboxylic acids is 2. The number of nitrogens with zero attached hydrogens (tertiary/aromatic N) is 3. The predicted octanol–water partition coefficient (Wildman–Crippen LogP) is 2.09. The van der Waals surface area contributed by atoms with Gasteiger partial charge in [0.15, 0.2) is 10.8 Å². The van der Waals surface area contributed by atoms with E-state index in [4.69, 9.17) is 11.5 Å². The van der Waals surface area contributed by atoms with Gasteiger partial charge in [-0.3, -0.25) is 19.3 Å². The summed E-state index contributed by atoms with van der Waals surface area (Å²) in [6.45, 7) is 0.320. The van der Waals surface area contributed by atoms with Gasteiger partial charge in [0, 0.05) is 16.7 Å². The standard InChI is InChI=1S/C23H20N6O6S5/c24-4-1-10-16(30)17-12(3-6-36-17)40-22(10)37-5-2-9-7-38-20-14(19(32)29(20)15(9)21(33)34)27-18(31)13(28-35)11-8-39-23(25)26-11/h2-3,5-6,8,14,20,35H,1,4,7,24H2,(H2,25,26)(H,27,31)(H,33,34)/t14?,20-/m1/s1. The Morgan fingerprint density at radius 2 is 2.12 bits per heavy atom. The number of aromatic nitrogens is 1. The van der Waals surface area contributed by atoms with Gasteiger partial charge >= 0.3 is 5.97 Å². The van der Waals surface area contributed by atoms with Crippen molar-refractivity contribution in [1.82, 2.24) is 15.2 Å². The van der Waals surface area contributed by atoms with Gasteiger partial charge in [0.2, 0.25) is 5.43 Å². The number of oxime groups is 1. The van der Waals surface area contributed by atoms with E-state index < -0.39 is 34.9 Å². The summed E-state index contributed by atoms with van der Waals surface area (Å²) in [4.78, 5) is 55.8. The fourth-order valence-corrected chi connectivity index (χ4v) is 9.29. The lowest BCUT2D eigenvalue weighted by Crippen LogP contribution is -2.71. The lowest BCUT2D eigenvalue weighted by Gasteiger charge is -2.49. The van der Waals surface area contributed by atoms with E-state index in [0.717, 1.165) is 25.1 Å². The number of aliphatic carboxylic acids is 1. The number of rotatable bonds is 9. The van der Waals surface area contributed by atoms with Gasteiger partial charge in [0.25, 0.3) is 11.8 Å². The highest BCUT2D eigenvalue weighted by molar-refractivity contribution is 8.04. The Morgan fingerprint density at radius 3 is 2.80 bits per heavy atom. The first-order valence-electron chi connectivity index (χ1n) is 11.5. The number of hydrogen-bond acceptors (Lipinski definition) is 14. The molecule has 2 aliphatic heterocycles. The molecule has 0 aromatic carbocycles. The van der Waals surface area contributed by atoms with Crippen molar-refractivity contribution in [2.45, 2.75) is 22.0 Å². The maximum atomic E-state index is 13.0. The van der Waals surface area contributed by atoms with Gasteiger partial charge in [-0.2, -0.15) is 0 Å². The molecule has 2 aliphatic rings. The second kappa shape index (κ2) is 11.7. The number of nitrogens with two attached hydrogens (primary N) is 2. The Kier molecular flexibility index (Phi) is 8.29.